The van der Waals surface area contributed by atoms with Crippen molar-refractivity contribution in [2.75, 3.05) is 5.73 Å². The molecule has 0 bridgehead atoms. The molecule has 0 saturated heterocycles. The van der Waals surface area contributed by atoms with Crippen molar-refractivity contribution in [2.45, 2.75) is 44.7 Å². The van der Waals surface area contributed by atoms with E-state index in [1.165, 1.54) is 22.4 Å². The third-order valence-electron chi connectivity index (χ3n) is 5.40. The minimum Gasteiger partial charge on any atom is -0.399 e. The first kappa shape index (κ1) is 21.7. The highest BCUT2D eigenvalue weighted by Gasteiger charge is 2.28. The molecular formula is C21H24ClFN6O. The Balaban J connectivity index is 0.00000256. The van der Waals surface area contributed by atoms with E-state index in [1.54, 1.807) is 19.1 Å². The summed E-state index contributed by atoms with van der Waals surface area (Å²) in [5, 5.41) is 14.8. The quantitative estimate of drug-likeness (QED) is 0.606. The van der Waals surface area contributed by atoms with Crippen molar-refractivity contribution in [3.05, 3.63) is 70.8 Å². The van der Waals surface area contributed by atoms with Crippen LogP contribution in [0.15, 0.2) is 42.5 Å². The van der Waals surface area contributed by atoms with E-state index in [0.29, 0.717) is 12.2 Å². The van der Waals surface area contributed by atoms with Gasteiger partial charge in [0.25, 0.3) is 0 Å². The molecule has 30 heavy (non-hydrogen) atoms. The number of tetrazole rings is 1. The lowest BCUT2D eigenvalue weighted by molar-refractivity contribution is -0.125. The van der Waals surface area contributed by atoms with Crippen molar-refractivity contribution in [3.63, 3.8) is 0 Å². The van der Waals surface area contributed by atoms with Crippen molar-refractivity contribution in [1.82, 2.24) is 25.5 Å². The first-order chi connectivity index (χ1) is 14.0. The molecular weight excluding hydrogens is 407 g/mol. The molecule has 1 amide bonds. The largest absolute Gasteiger partial charge is 0.399 e. The van der Waals surface area contributed by atoms with Gasteiger partial charge in [0, 0.05) is 12.1 Å². The maximum atomic E-state index is 13.3. The lowest BCUT2D eigenvalue weighted by Crippen LogP contribution is -2.38. The lowest BCUT2D eigenvalue weighted by atomic mass is 9.87. The average molecular weight is 431 g/mol. The maximum absolute atomic E-state index is 13.3. The van der Waals surface area contributed by atoms with E-state index >= 15 is 0 Å². The van der Waals surface area contributed by atoms with Crippen LogP contribution >= 0.6 is 12.4 Å². The van der Waals surface area contributed by atoms with Crippen molar-refractivity contribution < 1.29 is 9.18 Å². The predicted molar refractivity (Wildman–Crippen MR) is 114 cm³/mol. The molecule has 0 saturated carbocycles. The van der Waals surface area contributed by atoms with Gasteiger partial charge in [-0.1, -0.05) is 18.2 Å². The summed E-state index contributed by atoms with van der Waals surface area (Å²) in [5.74, 6) is 0.0647. The number of halogens is 2. The van der Waals surface area contributed by atoms with Gasteiger partial charge in [0.15, 0.2) is 0 Å². The lowest BCUT2D eigenvalue weighted by Gasteiger charge is -2.28. The Morgan fingerprint density at radius 3 is 2.77 bits per heavy atom. The maximum Gasteiger partial charge on any atom is 0.245 e. The molecule has 1 aliphatic carbocycles. The highest BCUT2D eigenvalue weighted by molar-refractivity contribution is 5.85. The molecule has 4 rings (SSSR count). The van der Waals surface area contributed by atoms with E-state index in [-0.39, 0.29) is 30.2 Å². The number of carbonyl (C=O) groups is 1. The number of anilines is 1. The molecule has 158 valence electrons. The number of aromatic nitrogens is 4. The summed E-state index contributed by atoms with van der Waals surface area (Å²) in [4.78, 5) is 13.3. The van der Waals surface area contributed by atoms with E-state index in [2.05, 4.69) is 20.8 Å². The van der Waals surface area contributed by atoms with Crippen LogP contribution in [-0.4, -0.2) is 26.1 Å². The van der Waals surface area contributed by atoms with Gasteiger partial charge >= 0.3 is 0 Å². The number of hydrogen-bond donors (Lipinski definition) is 2. The van der Waals surface area contributed by atoms with Gasteiger partial charge in [-0.05, 0) is 77.6 Å². The summed E-state index contributed by atoms with van der Waals surface area (Å²) < 4.78 is 14.8. The van der Waals surface area contributed by atoms with Gasteiger partial charge in [-0.25, -0.2) is 9.07 Å². The van der Waals surface area contributed by atoms with Gasteiger partial charge in [0.2, 0.25) is 5.91 Å². The van der Waals surface area contributed by atoms with Crippen LogP contribution in [0.4, 0.5) is 10.1 Å². The first-order valence-electron chi connectivity index (χ1n) is 9.69. The van der Waals surface area contributed by atoms with Crippen LogP contribution in [0.25, 0.3) is 0 Å². The molecule has 7 nitrogen and oxygen atoms in total. The molecule has 3 N–H and O–H groups in total. The van der Waals surface area contributed by atoms with Gasteiger partial charge in [-0.2, -0.15) is 0 Å². The number of aryl methyl sites for hydroxylation is 2. The predicted octanol–water partition coefficient (Wildman–Crippen LogP) is 3.10. The standard InChI is InChI=1S/C21H23FN6O.ClH/c1-13-25-26-27-28(13)20(11-14-5-7-16(22)8-6-14)21(29)24-19-4-2-3-15-12-17(23)9-10-18(15)19;/h5-10,12,19-20H,2-4,11,23H2,1H3,(H,24,29);1H. The fourth-order valence-corrected chi connectivity index (χ4v) is 3.91. The number of amides is 1. The molecule has 2 aromatic carbocycles. The number of nitrogen functional groups attached to an aromatic ring is 1. The first-order valence-corrected chi connectivity index (χ1v) is 9.69. The SMILES string of the molecule is Cc1nnnn1C(Cc1ccc(F)cc1)C(=O)NC1CCCc2cc(N)ccc21.Cl. The second-order valence-electron chi connectivity index (χ2n) is 7.43. The van der Waals surface area contributed by atoms with Crippen LogP contribution in [0.2, 0.25) is 0 Å². The Labute approximate surface area is 180 Å². The van der Waals surface area contributed by atoms with E-state index < -0.39 is 6.04 Å². The molecule has 1 heterocycles. The zero-order valence-electron chi connectivity index (χ0n) is 16.6. The van der Waals surface area contributed by atoms with Gasteiger partial charge in [-0.3, -0.25) is 4.79 Å². The molecule has 3 aromatic rings. The van der Waals surface area contributed by atoms with Crippen LogP contribution in [0, 0.1) is 12.7 Å². The Hall–Kier alpha value is -3.00. The minimum atomic E-state index is -0.630. The number of benzene rings is 2. The number of nitrogens with zero attached hydrogens (tertiary/aromatic N) is 4. The number of carbonyl (C=O) groups excluding carboxylic acids is 1. The molecule has 0 spiro atoms. The van der Waals surface area contributed by atoms with E-state index in [4.69, 9.17) is 5.73 Å². The summed E-state index contributed by atoms with van der Waals surface area (Å²) in [6.07, 6.45) is 3.16. The van der Waals surface area contributed by atoms with E-state index in [0.717, 1.165) is 36.1 Å². The normalized spacial score (nSPS) is 16.3. The number of nitrogens with two attached hydrogens (primary N) is 1. The minimum absolute atomic E-state index is 0. The van der Waals surface area contributed by atoms with Crippen LogP contribution in [-0.2, 0) is 17.6 Å². The van der Waals surface area contributed by atoms with Crippen LogP contribution in [0.1, 0.15) is 47.4 Å². The van der Waals surface area contributed by atoms with Gasteiger partial charge in [0.1, 0.15) is 17.7 Å². The van der Waals surface area contributed by atoms with Gasteiger partial charge < -0.3 is 11.1 Å². The summed E-state index contributed by atoms with van der Waals surface area (Å²) in [6.45, 7) is 1.75. The number of nitrogens with one attached hydrogen (secondary N) is 1. The fourth-order valence-electron chi connectivity index (χ4n) is 3.91. The Kier molecular flexibility index (Phi) is 6.66. The average Bonchev–Trinajstić information content (AvgIpc) is 3.13. The third-order valence-corrected chi connectivity index (χ3v) is 5.40. The smallest absolute Gasteiger partial charge is 0.245 e. The summed E-state index contributed by atoms with van der Waals surface area (Å²) in [6, 6.07) is 11.2. The summed E-state index contributed by atoms with van der Waals surface area (Å²) in [7, 11) is 0. The topological polar surface area (TPSA) is 98.7 Å². The highest BCUT2D eigenvalue weighted by atomic mass is 35.5. The monoisotopic (exact) mass is 430 g/mol. The molecule has 0 aliphatic heterocycles. The second-order valence-corrected chi connectivity index (χ2v) is 7.43. The molecule has 1 aromatic heterocycles. The third kappa shape index (κ3) is 4.59. The molecule has 1 aliphatic rings. The molecule has 0 fully saturated rings. The van der Waals surface area contributed by atoms with Crippen LogP contribution in [0.3, 0.4) is 0 Å². The highest BCUT2D eigenvalue weighted by Crippen LogP contribution is 2.31. The molecule has 2 unspecified atom stereocenters. The molecule has 0 radical (unpaired) electrons. The zero-order valence-corrected chi connectivity index (χ0v) is 17.4. The fraction of sp³-hybridized carbons (Fsp3) is 0.333. The van der Waals surface area contributed by atoms with E-state index in [9.17, 15) is 9.18 Å². The van der Waals surface area contributed by atoms with Crippen LogP contribution < -0.4 is 11.1 Å². The van der Waals surface area contributed by atoms with Crippen molar-refractivity contribution in [3.8, 4) is 0 Å². The molecule has 9 heteroatoms. The van der Waals surface area contributed by atoms with E-state index in [1.807, 2.05) is 18.2 Å². The number of rotatable bonds is 5. The van der Waals surface area contributed by atoms with Crippen molar-refractivity contribution in [1.29, 1.82) is 0 Å². The van der Waals surface area contributed by atoms with Gasteiger partial charge in [-0.15, -0.1) is 17.5 Å². The summed E-state index contributed by atoms with van der Waals surface area (Å²) >= 11 is 0. The van der Waals surface area contributed by atoms with Crippen molar-refractivity contribution in [2.24, 2.45) is 0 Å². The zero-order chi connectivity index (χ0) is 20.4. The second kappa shape index (κ2) is 9.21. The summed E-state index contributed by atoms with van der Waals surface area (Å²) in [5.41, 5.74) is 9.76. The number of hydrogen-bond acceptors (Lipinski definition) is 5. The molecule has 2 atom stereocenters. The number of fused-ring (bicyclic) bond motifs is 1. The van der Waals surface area contributed by atoms with Crippen molar-refractivity contribution >= 4 is 24.0 Å². The Morgan fingerprint density at radius 1 is 1.30 bits per heavy atom. The Morgan fingerprint density at radius 2 is 2.07 bits per heavy atom. The van der Waals surface area contributed by atoms with Gasteiger partial charge in [0.05, 0.1) is 6.04 Å². The van der Waals surface area contributed by atoms with Crippen LogP contribution in [0.5, 0.6) is 0 Å². The Bertz CT molecular complexity index is 1020.